The molecule has 2 aromatic carbocycles. The molecule has 230 valence electrons. The van der Waals surface area contributed by atoms with E-state index in [9.17, 15) is 28.3 Å². The number of carboxylic acid groups (broad SMARTS) is 1. The van der Waals surface area contributed by atoms with Gasteiger partial charge in [0, 0.05) is 19.5 Å². The van der Waals surface area contributed by atoms with E-state index in [4.69, 9.17) is 20.9 Å². The predicted molar refractivity (Wildman–Crippen MR) is 155 cm³/mol. The molecule has 0 saturated heterocycles. The van der Waals surface area contributed by atoms with Crippen LogP contribution in [0.1, 0.15) is 57.7 Å². The monoisotopic (exact) mass is 598 g/mol. The number of carbonyl (C=O) groups is 3. The zero-order valence-corrected chi connectivity index (χ0v) is 24.4. The first-order chi connectivity index (χ1) is 20.3. The Morgan fingerprint density at radius 2 is 1.72 bits per heavy atom. The van der Waals surface area contributed by atoms with Gasteiger partial charge in [-0.15, -0.1) is 0 Å². The molecule has 2 unspecified atom stereocenters. The van der Waals surface area contributed by atoms with Crippen LogP contribution in [0, 0.1) is 17.6 Å². The third kappa shape index (κ3) is 8.79. The van der Waals surface area contributed by atoms with E-state index in [0.717, 1.165) is 5.56 Å². The highest BCUT2D eigenvalue weighted by Crippen LogP contribution is 2.34. The van der Waals surface area contributed by atoms with Gasteiger partial charge in [0.1, 0.15) is 5.75 Å². The number of ketones is 1. The van der Waals surface area contributed by atoms with Crippen molar-refractivity contribution in [2.45, 2.75) is 65.3 Å². The lowest BCUT2D eigenvalue weighted by Crippen LogP contribution is -2.44. The lowest BCUT2D eigenvalue weighted by Gasteiger charge is -2.23. The van der Waals surface area contributed by atoms with Crippen LogP contribution in [-0.4, -0.2) is 39.9 Å². The quantitative estimate of drug-likeness (QED) is 0.207. The second kappa shape index (κ2) is 14.7. The molecule has 0 spiro atoms. The van der Waals surface area contributed by atoms with Gasteiger partial charge < -0.3 is 31.4 Å². The Labute approximate surface area is 248 Å². The van der Waals surface area contributed by atoms with E-state index in [1.165, 1.54) is 19.9 Å². The minimum atomic E-state index is -1.42. The number of aromatic nitrogens is 1. The summed E-state index contributed by atoms with van der Waals surface area (Å²) < 4.78 is 40.1. The lowest BCUT2D eigenvalue weighted by atomic mass is 9.91. The molecule has 10 nitrogen and oxygen atoms in total. The molecule has 1 amide bonds. The normalized spacial score (nSPS) is 13.2. The zero-order chi connectivity index (χ0) is 31.8. The number of rotatable bonds is 14. The Balaban J connectivity index is 2.09. The molecule has 3 atom stereocenters. The molecule has 0 radical (unpaired) electrons. The average molecular weight is 599 g/mol. The maximum absolute atomic E-state index is 14.8. The summed E-state index contributed by atoms with van der Waals surface area (Å²) in [6.07, 6.45) is -1.06. The summed E-state index contributed by atoms with van der Waals surface area (Å²) in [6.45, 7) is 6.92. The number of pyridine rings is 1. The number of benzene rings is 2. The van der Waals surface area contributed by atoms with E-state index in [-0.39, 0.29) is 30.5 Å². The van der Waals surface area contributed by atoms with Crippen molar-refractivity contribution >= 4 is 17.7 Å². The van der Waals surface area contributed by atoms with E-state index in [1.807, 2.05) is 26.0 Å². The summed E-state index contributed by atoms with van der Waals surface area (Å²) in [4.78, 5) is 40.4. The molecule has 43 heavy (non-hydrogen) atoms. The Kier molecular flexibility index (Phi) is 11.3. The second-order valence-corrected chi connectivity index (χ2v) is 10.5. The molecule has 0 aliphatic heterocycles. The molecule has 1 aromatic heterocycles. The third-order valence-corrected chi connectivity index (χ3v) is 6.50. The van der Waals surface area contributed by atoms with Crippen LogP contribution >= 0.6 is 0 Å². The Hall–Kier alpha value is -4.42. The maximum Gasteiger partial charge on any atom is 0.344 e. The van der Waals surface area contributed by atoms with Gasteiger partial charge >= 0.3 is 5.97 Å². The standard InChI is InChI=1S/C31H36F2N4O6/c1-5-26(31(40)41)43-30-24(33)14-23(32)29(37-30)42-22-12-20(19-8-6-7-18(10-19)15-34)11-21(13-22)27(35)28(39)25(9-16(2)3)36-17(4)38/h6-8,10-14,16,25-27H,5,9,15,34-35H2,1-4H3,(H,36,38)(H,40,41)/t25-,26?,27?/m0/s1. The molecular formula is C31H36F2N4O6. The van der Waals surface area contributed by atoms with E-state index < -0.39 is 53.3 Å². The minimum Gasteiger partial charge on any atom is -0.479 e. The number of Topliss-reactive ketones (excluding diaryl/α,β-unsaturated/α-hetero) is 1. The molecule has 3 aromatic rings. The van der Waals surface area contributed by atoms with Crippen molar-refractivity contribution in [2.75, 3.05) is 0 Å². The van der Waals surface area contributed by atoms with Crippen LogP contribution in [0.5, 0.6) is 17.5 Å². The van der Waals surface area contributed by atoms with Gasteiger partial charge in [0.25, 0.3) is 11.8 Å². The molecule has 6 N–H and O–H groups in total. The molecule has 0 aliphatic rings. The van der Waals surface area contributed by atoms with Crippen molar-refractivity contribution in [3.8, 4) is 28.6 Å². The third-order valence-electron chi connectivity index (χ3n) is 6.50. The van der Waals surface area contributed by atoms with Crippen molar-refractivity contribution in [2.24, 2.45) is 17.4 Å². The van der Waals surface area contributed by atoms with Gasteiger partial charge in [-0.1, -0.05) is 39.0 Å². The van der Waals surface area contributed by atoms with Crippen molar-refractivity contribution in [1.29, 1.82) is 0 Å². The van der Waals surface area contributed by atoms with Gasteiger partial charge in [0.05, 0.1) is 12.1 Å². The Bertz CT molecular complexity index is 1480. The number of halogens is 2. The fourth-order valence-corrected chi connectivity index (χ4v) is 4.39. The van der Waals surface area contributed by atoms with E-state index in [0.29, 0.717) is 29.2 Å². The fourth-order valence-electron chi connectivity index (χ4n) is 4.39. The molecule has 3 rings (SSSR count). The van der Waals surface area contributed by atoms with Gasteiger partial charge in [-0.05, 0) is 65.3 Å². The highest BCUT2D eigenvalue weighted by Gasteiger charge is 2.28. The zero-order valence-electron chi connectivity index (χ0n) is 24.4. The number of hydrogen-bond acceptors (Lipinski definition) is 8. The summed E-state index contributed by atoms with van der Waals surface area (Å²) in [6, 6.07) is 10.3. The molecule has 12 heteroatoms. The van der Waals surface area contributed by atoms with Gasteiger partial charge in [0.15, 0.2) is 23.5 Å². The minimum absolute atomic E-state index is 0.000501. The molecule has 0 bridgehead atoms. The first-order valence-electron chi connectivity index (χ1n) is 13.8. The molecule has 0 fully saturated rings. The van der Waals surface area contributed by atoms with Crippen LogP contribution in [0.25, 0.3) is 11.1 Å². The second-order valence-electron chi connectivity index (χ2n) is 10.5. The number of nitrogens with one attached hydrogen (secondary N) is 1. The largest absolute Gasteiger partial charge is 0.479 e. The summed E-state index contributed by atoms with van der Waals surface area (Å²) in [5.41, 5.74) is 14.6. The SMILES string of the molecule is CCC(Oc1nc(Oc2cc(-c3cccc(CN)c3)cc(C(N)C(=O)[C@H](CC(C)C)NC(C)=O)c2)c(F)cc1F)C(=O)O. The van der Waals surface area contributed by atoms with Crippen molar-refractivity contribution < 1.29 is 37.7 Å². The van der Waals surface area contributed by atoms with Gasteiger partial charge in [-0.25, -0.2) is 13.6 Å². The Morgan fingerprint density at radius 3 is 2.33 bits per heavy atom. The number of hydrogen-bond donors (Lipinski definition) is 4. The Morgan fingerprint density at radius 1 is 1.02 bits per heavy atom. The van der Waals surface area contributed by atoms with Crippen molar-refractivity contribution in [3.05, 3.63) is 71.3 Å². The topological polar surface area (TPSA) is 167 Å². The first kappa shape index (κ1) is 33.1. The lowest BCUT2D eigenvalue weighted by molar-refractivity contribution is -0.145. The summed E-state index contributed by atoms with van der Waals surface area (Å²) in [5, 5.41) is 11.9. The molecular weight excluding hydrogens is 562 g/mol. The number of nitrogens with two attached hydrogens (primary N) is 2. The number of carboxylic acids is 1. The molecule has 0 aliphatic carbocycles. The highest BCUT2D eigenvalue weighted by molar-refractivity contribution is 5.93. The van der Waals surface area contributed by atoms with E-state index in [1.54, 1.807) is 24.3 Å². The number of aliphatic carboxylic acids is 1. The number of carbonyl (C=O) groups excluding carboxylic acids is 2. The molecule has 1 heterocycles. The average Bonchev–Trinajstić information content (AvgIpc) is 2.96. The smallest absolute Gasteiger partial charge is 0.344 e. The van der Waals surface area contributed by atoms with Crippen molar-refractivity contribution in [1.82, 2.24) is 10.3 Å². The van der Waals surface area contributed by atoms with Crippen LogP contribution < -0.4 is 26.3 Å². The predicted octanol–water partition coefficient (Wildman–Crippen LogP) is 4.64. The number of amides is 1. The van der Waals surface area contributed by atoms with Crippen LogP contribution in [0.4, 0.5) is 8.78 Å². The summed E-state index contributed by atoms with van der Waals surface area (Å²) >= 11 is 0. The highest BCUT2D eigenvalue weighted by atomic mass is 19.1. The van der Waals surface area contributed by atoms with E-state index in [2.05, 4.69) is 10.3 Å². The van der Waals surface area contributed by atoms with Gasteiger partial charge in [0.2, 0.25) is 5.91 Å². The van der Waals surface area contributed by atoms with Gasteiger partial charge in [-0.3, -0.25) is 9.59 Å². The summed E-state index contributed by atoms with van der Waals surface area (Å²) in [7, 11) is 0. The maximum atomic E-state index is 14.8. The summed E-state index contributed by atoms with van der Waals surface area (Å²) in [5.74, 6) is -5.91. The van der Waals surface area contributed by atoms with Gasteiger partial charge in [-0.2, -0.15) is 4.98 Å². The number of ether oxygens (including phenoxy) is 2. The fraction of sp³-hybridized carbons (Fsp3) is 0.355. The van der Waals surface area contributed by atoms with Crippen LogP contribution in [0.2, 0.25) is 0 Å². The van der Waals surface area contributed by atoms with Crippen LogP contribution in [-0.2, 0) is 20.9 Å². The van der Waals surface area contributed by atoms with Crippen LogP contribution in [0.15, 0.2) is 48.5 Å². The van der Waals surface area contributed by atoms with E-state index >= 15 is 0 Å². The first-order valence-corrected chi connectivity index (χ1v) is 13.8. The van der Waals surface area contributed by atoms with Crippen molar-refractivity contribution in [3.63, 3.8) is 0 Å². The molecule has 0 saturated carbocycles. The number of nitrogens with zero attached hydrogens (tertiary/aromatic N) is 1. The van der Waals surface area contributed by atoms with Crippen LogP contribution in [0.3, 0.4) is 0 Å².